The summed E-state index contributed by atoms with van der Waals surface area (Å²) in [4.78, 5) is 16.2. The Morgan fingerprint density at radius 3 is 2.37 bits per heavy atom. The van der Waals surface area contributed by atoms with Gasteiger partial charge >= 0.3 is 6.18 Å². The molecule has 8 heteroatoms. The van der Waals surface area contributed by atoms with Crippen LogP contribution in [0.1, 0.15) is 16.7 Å². The van der Waals surface area contributed by atoms with Crippen LogP contribution in [0.15, 0.2) is 48.5 Å². The van der Waals surface area contributed by atoms with E-state index >= 15 is 0 Å². The van der Waals surface area contributed by atoms with E-state index in [1.165, 1.54) is 18.2 Å². The van der Waals surface area contributed by atoms with Gasteiger partial charge in [0.2, 0.25) is 5.91 Å². The minimum Gasteiger partial charge on any atom is -0.355 e. The first-order valence-corrected chi connectivity index (χ1v) is 9.92. The summed E-state index contributed by atoms with van der Waals surface area (Å²) in [6.07, 6.45) is -3.91. The quantitative estimate of drug-likeness (QED) is 0.694. The van der Waals surface area contributed by atoms with Crippen LogP contribution < -0.4 is 5.32 Å². The van der Waals surface area contributed by atoms with Crippen molar-refractivity contribution in [3.63, 3.8) is 0 Å². The average molecular weight is 423 g/mol. The van der Waals surface area contributed by atoms with E-state index in [9.17, 15) is 22.4 Å². The highest BCUT2D eigenvalue weighted by atomic mass is 19.4. The number of hydrogen-bond acceptors (Lipinski definition) is 3. The maximum atomic E-state index is 13.6. The normalized spacial score (nSPS) is 15.9. The Balaban J connectivity index is 1.38. The largest absolute Gasteiger partial charge is 0.416 e. The molecule has 0 aliphatic carbocycles. The molecule has 0 spiro atoms. The Hall–Kier alpha value is -2.45. The van der Waals surface area contributed by atoms with Crippen LogP contribution in [-0.2, 0) is 23.9 Å². The molecule has 4 nitrogen and oxygen atoms in total. The summed E-state index contributed by atoms with van der Waals surface area (Å²) in [5.74, 6) is -0.388. The number of halogens is 4. The van der Waals surface area contributed by atoms with Gasteiger partial charge in [0.25, 0.3) is 0 Å². The summed E-state index contributed by atoms with van der Waals surface area (Å²) in [6, 6.07) is 11.9. The molecule has 0 radical (unpaired) electrons. The van der Waals surface area contributed by atoms with Crippen LogP contribution >= 0.6 is 0 Å². The Kier molecular flexibility index (Phi) is 7.44. The lowest BCUT2D eigenvalue weighted by molar-refractivity contribution is -0.137. The number of benzene rings is 2. The molecule has 30 heavy (non-hydrogen) atoms. The predicted molar refractivity (Wildman–Crippen MR) is 106 cm³/mol. The van der Waals surface area contributed by atoms with Gasteiger partial charge in [-0.2, -0.15) is 13.2 Å². The fourth-order valence-corrected chi connectivity index (χ4v) is 3.51. The maximum Gasteiger partial charge on any atom is 0.416 e. The summed E-state index contributed by atoms with van der Waals surface area (Å²) in [5.41, 5.74) is 0.566. The second-order valence-electron chi connectivity index (χ2n) is 7.44. The van der Waals surface area contributed by atoms with Gasteiger partial charge in [-0.15, -0.1) is 0 Å². The Morgan fingerprint density at radius 2 is 1.67 bits per heavy atom. The number of amides is 1. The van der Waals surface area contributed by atoms with Crippen molar-refractivity contribution in [1.29, 1.82) is 0 Å². The second kappa shape index (κ2) is 10.0. The van der Waals surface area contributed by atoms with Crippen LogP contribution in [0.25, 0.3) is 0 Å². The van der Waals surface area contributed by atoms with Crippen molar-refractivity contribution in [2.75, 3.05) is 39.3 Å². The number of carbonyl (C=O) groups excluding carboxylic acids is 1. The van der Waals surface area contributed by atoms with Crippen LogP contribution in [-0.4, -0.2) is 55.0 Å². The van der Waals surface area contributed by atoms with Gasteiger partial charge in [0, 0.05) is 39.3 Å². The Morgan fingerprint density at radius 1 is 0.967 bits per heavy atom. The summed E-state index contributed by atoms with van der Waals surface area (Å²) >= 11 is 0. The molecule has 0 aromatic heterocycles. The fourth-order valence-electron chi connectivity index (χ4n) is 3.51. The lowest BCUT2D eigenvalue weighted by Gasteiger charge is -2.34. The molecule has 0 bridgehead atoms. The summed E-state index contributed by atoms with van der Waals surface area (Å²) in [6.45, 7) is 3.77. The third-order valence-corrected chi connectivity index (χ3v) is 5.17. The van der Waals surface area contributed by atoms with E-state index in [1.54, 1.807) is 24.3 Å². The number of nitrogens with one attached hydrogen (secondary N) is 1. The molecule has 1 N–H and O–H groups in total. The van der Waals surface area contributed by atoms with Crippen LogP contribution in [0.3, 0.4) is 0 Å². The molecular formula is C22H25F4N3O. The minimum atomic E-state index is -4.34. The summed E-state index contributed by atoms with van der Waals surface area (Å²) in [7, 11) is 0. The van der Waals surface area contributed by atoms with Crippen molar-refractivity contribution < 1.29 is 22.4 Å². The van der Waals surface area contributed by atoms with Gasteiger partial charge in [0.05, 0.1) is 12.1 Å². The molecule has 1 saturated heterocycles. The lowest BCUT2D eigenvalue weighted by Crippen LogP contribution is -2.49. The fraction of sp³-hybridized carbons (Fsp3) is 0.409. The van der Waals surface area contributed by atoms with Crippen LogP contribution in [0.5, 0.6) is 0 Å². The molecule has 0 unspecified atom stereocenters. The molecule has 0 saturated carbocycles. The van der Waals surface area contributed by atoms with E-state index in [2.05, 4.69) is 10.2 Å². The molecule has 1 aliphatic heterocycles. The van der Waals surface area contributed by atoms with Crippen molar-refractivity contribution in [3.05, 3.63) is 71.0 Å². The first-order chi connectivity index (χ1) is 14.3. The smallest absolute Gasteiger partial charge is 0.355 e. The summed E-state index contributed by atoms with van der Waals surface area (Å²) < 4.78 is 52.1. The molecule has 1 aliphatic rings. The number of rotatable bonds is 7. The first-order valence-electron chi connectivity index (χ1n) is 9.92. The lowest BCUT2D eigenvalue weighted by atomic mass is 10.1. The highest BCUT2D eigenvalue weighted by Crippen LogP contribution is 2.29. The average Bonchev–Trinajstić information content (AvgIpc) is 2.70. The molecule has 2 aromatic rings. The number of nitrogens with zero attached hydrogens (tertiary/aromatic N) is 2. The van der Waals surface area contributed by atoms with E-state index in [4.69, 9.17) is 0 Å². The van der Waals surface area contributed by atoms with E-state index < -0.39 is 11.7 Å². The van der Waals surface area contributed by atoms with E-state index in [1.807, 2.05) is 4.90 Å². The molecule has 1 heterocycles. The van der Waals surface area contributed by atoms with E-state index in [0.717, 1.165) is 6.07 Å². The maximum absolute atomic E-state index is 13.6. The third-order valence-electron chi connectivity index (χ3n) is 5.17. The number of hydrogen-bond donors (Lipinski definition) is 1. The van der Waals surface area contributed by atoms with Crippen molar-refractivity contribution >= 4 is 5.91 Å². The summed E-state index contributed by atoms with van der Waals surface area (Å²) in [5, 5.41) is 2.81. The van der Waals surface area contributed by atoms with Crippen molar-refractivity contribution in [1.82, 2.24) is 15.1 Å². The molecule has 2 aromatic carbocycles. The van der Waals surface area contributed by atoms with Gasteiger partial charge in [-0.3, -0.25) is 14.6 Å². The monoisotopic (exact) mass is 423 g/mol. The molecular weight excluding hydrogens is 398 g/mol. The van der Waals surface area contributed by atoms with Gasteiger partial charge in [-0.05, 0) is 29.7 Å². The predicted octanol–water partition coefficient (Wildman–Crippen LogP) is 3.32. The minimum absolute atomic E-state index is 0.113. The van der Waals surface area contributed by atoms with Crippen molar-refractivity contribution in [2.24, 2.45) is 0 Å². The standard InChI is InChI=1S/C22H25F4N3O/c23-20-7-2-1-5-18(20)8-9-27-21(30)16-29-12-10-28(11-13-29)15-17-4-3-6-19(14-17)22(24,25)26/h1-7,14H,8-13,15-16H2,(H,27,30). The molecule has 0 atom stereocenters. The Labute approximate surface area is 173 Å². The van der Waals surface area contributed by atoms with Crippen LogP contribution in [0, 0.1) is 5.82 Å². The van der Waals surface area contributed by atoms with Gasteiger partial charge in [-0.1, -0.05) is 36.4 Å². The van der Waals surface area contributed by atoms with Gasteiger partial charge in [0.15, 0.2) is 0 Å². The molecule has 162 valence electrons. The van der Waals surface area contributed by atoms with Crippen molar-refractivity contribution in [2.45, 2.75) is 19.1 Å². The van der Waals surface area contributed by atoms with E-state index in [-0.39, 0.29) is 18.3 Å². The zero-order valence-electron chi connectivity index (χ0n) is 16.6. The number of carbonyl (C=O) groups is 1. The zero-order valence-corrected chi connectivity index (χ0v) is 16.6. The van der Waals surface area contributed by atoms with Crippen molar-refractivity contribution in [3.8, 4) is 0 Å². The topological polar surface area (TPSA) is 35.6 Å². The number of piperazine rings is 1. The zero-order chi connectivity index (χ0) is 21.6. The van der Waals surface area contributed by atoms with Gasteiger partial charge < -0.3 is 5.32 Å². The van der Waals surface area contributed by atoms with E-state index in [0.29, 0.717) is 56.8 Å². The highest BCUT2D eigenvalue weighted by Gasteiger charge is 2.30. The van der Waals surface area contributed by atoms with Gasteiger partial charge in [-0.25, -0.2) is 4.39 Å². The first kappa shape index (κ1) is 22.2. The highest BCUT2D eigenvalue weighted by molar-refractivity contribution is 5.78. The Bertz CT molecular complexity index is 848. The second-order valence-corrected chi connectivity index (χ2v) is 7.44. The SMILES string of the molecule is O=C(CN1CCN(Cc2cccc(C(F)(F)F)c2)CC1)NCCc1ccccc1F. The molecule has 1 fully saturated rings. The van der Waals surface area contributed by atoms with Crippen LogP contribution in [0.2, 0.25) is 0 Å². The molecule has 1 amide bonds. The number of alkyl halides is 3. The van der Waals surface area contributed by atoms with Crippen LogP contribution in [0.4, 0.5) is 17.6 Å². The third kappa shape index (κ3) is 6.53. The van der Waals surface area contributed by atoms with Gasteiger partial charge in [0.1, 0.15) is 5.82 Å². The molecule has 3 rings (SSSR count).